The Balaban J connectivity index is 0.000000235. The van der Waals surface area contributed by atoms with Crippen LogP contribution in [-0.4, -0.2) is 25.9 Å². The number of halogens is 1. The van der Waals surface area contributed by atoms with Crippen molar-refractivity contribution in [3.05, 3.63) is 54.1 Å². The SMILES string of the molecule is COc1ccc(CC(=O)CCl)cc1.COc1ccc(N)cc1. The van der Waals surface area contributed by atoms with Crippen LogP contribution in [0.2, 0.25) is 0 Å². The van der Waals surface area contributed by atoms with Gasteiger partial charge in [0.25, 0.3) is 0 Å². The lowest BCUT2D eigenvalue weighted by Crippen LogP contribution is -2.03. The number of nitrogen functional groups attached to an aromatic ring is 1. The fourth-order valence-electron chi connectivity index (χ4n) is 1.62. The van der Waals surface area contributed by atoms with Gasteiger partial charge in [-0.15, -0.1) is 11.6 Å². The van der Waals surface area contributed by atoms with Crippen molar-refractivity contribution in [3.63, 3.8) is 0 Å². The van der Waals surface area contributed by atoms with Crippen molar-refractivity contribution >= 4 is 23.1 Å². The smallest absolute Gasteiger partial charge is 0.151 e. The van der Waals surface area contributed by atoms with Crippen LogP contribution in [0.3, 0.4) is 0 Å². The first-order valence-electron chi connectivity index (χ1n) is 6.69. The predicted molar refractivity (Wildman–Crippen MR) is 89.8 cm³/mol. The number of ketones is 1. The van der Waals surface area contributed by atoms with Crippen LogP contribution in [0.5, 0.6) is 11.5 Å². The van der Waals surface area contributed by atoms with E-state index in [1.165, 1.54) is 0 Å². The Hall–Kier alpha value is -2.20. The summed E-state index contributed by atoms with van der Waals surface area (Å²) in [5.41, 5.74) is 7.15. The highest BCUT2D eigenvalue weighted by Gasteiger charge is 2.01. The minimum atomic E-state index is 0.0341. The number of carbonyl (C=O) groups excluding carboxylic acids is 1. The normalized spacial score (nSPS) is 9.41. The van der Waals surface area contributed by atoms with E-state index in [-0.39, 0.29) is 11.7 Å². The molecule has 0 aliphatic heterocycles. The summed E-state index contributed by atoms with van der Waals surface area (Å²) in [6.07, 6.45) is 0.396. The Morgan fingerprint density at radius 2 is 1.41 bits per heavy atom. The zero-order valence-corrected chi connectivity index (χ0v) is 13.5. The summed E-state index contributed by atoms with van der Waals surface area (Å²) in [5, 5.41) is 0. The summed E-state index contributed by atoms with van der Waals surface area (Å²) in [4.78, 5) is 11.0. The minimum Gasteiger partial charge on any atom is -0.497 e. The molecule has 0 radical (unpaired) electrons. The number of hydrogen-bond acceptors (Lipinski definition) is 4. The Morgan fingerprint density at radius 3 is 1.82 bits per heavy atom. The van der Waals surface area contributed by atoms with Crippen LogP contribution in [0.1, 0.15) is 5.56 Å². The first-order chi connectivity index (χ1) is 10.6. The Labute approximate surface area is 135 Å². The molecule has 0 aliphatic carbocycles. The zero-order valence-electron chi connectivity index (χ0n) is 12.7. The van der Waals surface area contributed by atoms with Gasteiger partial charge in [0.1, 0.15) is 11.5 Å². The van der Waals surface area contributed by atoms with Gasteiger partial charge in [0.2, 0.25) is 0 Å². The maximum absolute atomic E-state index is 11.0. The van der Waals surface area contributed by atoms with Gasteiger partial charge in [-0.05, 0) is 42.0 Å². The molecule has 2 rings (SSSR count). The average Bonchev–Trinajstić information content (AvgIpc) is 2.57. The average molecular weight is 322 g/mol. The second-order valence-electron chi connectivity index (χ2n) is 4.47. The number of ether oxygens (including phenoxy) is 2. The fourth-order valence-corrected chi connectivity index (χ4v) is 1.72. The number of carbonyl (C=O) groups is 1. The third kappa shape index (κ3) is 6.50. The fraction of sp³-hybridized carbons (Fsp3) is 0.235. The lowest BCUT2D eigenvalue weighted by Gasteiger charge is -2.01. The van der Waals surface area contributed by atoms with Crippen LogP contribution in [0.4, 0.5) is 5.69 Å². The molecule has 0 aromatic heterocycles. The van der Waals surface area contributed by atoms with Crippen LogP contribution < -0.4 is 15.2 Å². The third-order valence-corrected chi connectivity index (χ3v) is 3.12. The number of anilines is 1. The highest BCUT2D eigenvalue weighted by molar-refractivity contribution is 6.27. The molecular weight excluding hydrogens is 302 g/mol. The van der Waals surface area contributed by atoms with Gasteiger partial charge >= 0.3 is 0 Å². The van der Waals surface area contributed by atoms with E-state index in [1.807, 2.05) is 36.4 Å². The van der Waals surface area contributed by atoms with Crippen molar-refractivity contribution in [2.45, 2.75) is 6.42 Å². The number of rotatable bonds is 5. The molecule has 0 fully saturated rings. The van der Waals surface area contributed by atoms with Crippen LogP contribution in [0.25, 0.3) is 0 Å². The second-order valence-corrected chi connectivity index (χ2v) is 4.74. The third-order valence-electron chi connectivity index (χ3n) is 2.83. The predicted octanol–water partition coefficient (Wildman–Crippen LogP) is 3.32. The van der Waals surface area contributed by atoms with E-state index in [0.717, 1.165) is 22.7 Å². The van der Waals surface area contributed by atoms with Crippen LogP contribution in [-0.2, 0) is 11.2 Å². The van der Waals surface area contributed by atoms with Crippen molar-refractivity contribution in [1.82, 2.24) is 0 Å². The van der Waals surface area contributed by atoms with E-state index >= 15 is 0 Å². The lowest BCUT2D eigenvalue weighted by atomic mass is 10.1. The molecule has 0 atom stereocenters. The van der Waals surface area contributed by atoms with Gasteiger partial charge in [-0.1, -0.05) is 12.1 Å². The molecule has 0 aliphatic rings. The molecule has 0 unspecified atom stereocenters. The van der Waals surface area contributed by atoms with Gasteiger partial charge in [-0.3, -0.25) is 4.79 Å². The largest absolute Gasteiger partial charge is 0.497 e. The molecule has 4 nitrogen and oxygen atoms in total. The summed E-state index contributed by atoms with van der Waals surface area (Å²) in [7, 11) is 3.24. The number of alkyl halides is 1. The summed E-state index contributed by atoms with van der Waals surface area (Å²) in [6, 6.07) is 14.7. The van der Waals surface area contributed by atoms with E-state index in [4.69, 9.17) is 26.8 Å². The van der Waals surface area contributed by atoms with Gasteiger partial charge < -0.3 is 15.2 Å². The molecule has 2 N–H and O–H groups in total. The number of methoxy groups -OCH3 is 2. The standard InChI is InChI=1S/C10H11ClO2.C7H9NO/c1-13-10-4-2-8(3-5-10)6-9(12)7-11;1-9-7-4-2-6(8)3-5-7/h2-5H,6-7H2,1H3;2-5H,8H2,1H3. The summed E-state index contributed by atoms with van der Waals surface area (Å²) < 4.78 is 9.90. The van der Waals surface area contributed by atoms with E-state index in [9.17, 15) is 4.79 Å². The lowest BCUT2D eigenvalue weighted by molar-refractivity contribution is -0.116. The molecule has 22 heavy (non-hydrogen) atoms. The number of benzene rings is 2. The van der Waals surface area contributed by atoms with Crippen LogP contribution in [0.15, 0.2) is 48.5 Å². The minimum absolute atomic E-state index is 0.0341. The van der Waals surface area contributed by atoms with Gasteiger partial charge in [-0.2, -0.15) is 0 Å². The molecule has 0 bridgehead atoms. The molecule has 0 amide bonds. The van der Waals surface area contributed by atoms with E-state index in [1.54, 1.807) is 26.4 Å². The van der Waals surface area contributed by atoms with Crippen molar-refractivity contribution < 1.29 is 14.3 Å². The molecule has 0 spiro atoms. The molecular formula is C17H20ClNO3. The van der Waals surface area contributed by atoms with Gasteiger partial charge in [0, 0.05) is 12.1 Å². The van der Waals surface area contributed by atoms with E-state index in [2.05, 4.69) is 0 Å². The molecule has 0 heterocycles. The Bertz CT molecular complexity index is 567. The monoisotopic (exact) mass is 321 g/mol. The number of nitrogens with two attached hydrogens (primary N) is 1. The highest BCUT2D eigenvalue weighted by Crippen LogP contribution is 2.12. The highest BCUT2D eigenvalue weighted by atomic mass is 35.5. The number of hydrogen-bond donors (Lipinski definition) is 1. The maximum Gasteiger partial charge on any atom is 0.151 e. The molecule has 5 heteroatoms. The summed E-state index contributed by atoms with van der Waals surface area (Å²) in [5.74, 6) is 1.74. The van der Waals surface area contributed by atoms with Crippen molar-refractivity contribution in [1.29, 1.82) is 0 Å². The van der Waals surface area contributed by atoms with Crippen molar-refractivity contribution in [3.8, 4) is 11.5 Å². The number of Topliss-reactive ketones (excluding diaryl/α,β-unsaturated/α-hetero) is 1. The quantitative estimate of drug-likeness (QED) is 0.678. The maximum atomic E-state index is 11.0. The second kappa shape index (κ2) is 9.68. The first kappa shape index (κ1) is 17.9. The van der Waals surface area contributed by atoms with Crippen LogP contribution >= 0.6 is 11.6 Å². The van der Waals surface area contributed by atoms with Gasteiger partial charge in [0.05, 0.1) is 20.1 Å². The molecule has 2 aromatic carbocycles. The molecule has 0 saturated heterocycles. The van der Waals surface area contributed by atoms with Crippen molar-refractivity contribution in [2.24, 2.45) is 0 Å². The molecule has 0 saturated carbocycles. The Kier molecular flexibility index (Phi) is 7.86. The molecule has 118 valence electrons. The topological polar surface area (TPSA) is 61.5 Å². The Morgan fingerprint density at radius 1 is 0.955 bits per heavy atom. The summed E-state index contributed by atoms with van der Waals surface area (Å²) in [6.45, 7) is 0. The zero-order chi connectivity index (χ0) is 16.4. The van der Waals surface area contributed by atoms with Crippen molar-refractivity contribution in [2.75, 3.05) is 25.8 Å². The molecule has 2 aromatic rings. The van der Waals surface area contributed by atoms with Gasteiger partial charge in [-0.25, -0.2) is 0 Å². The van der Waals surface area contributed by atoms with Crippen LogP contribution in [0, 0.1) is 0 Å². The summed E-state index contributed by atoms with van der Waals surface area (Å²) >= 11 is 5.39. The van der Waals surface area contributed by atoms with E-state index < -0.39 is 0 Å². The first-order valence-corrected chi connectivity index (χ1v) is 7.22. The van der Waals surface area contributed by atoms with E-state index in [0.29, 0.717) is 6.42 Å². The van der Waals surface area contributed by atoms with Gasteiger partial charge in [0.15, 0.2) is 5.78 Å².